The molecule has 0 saturated heterocycles. The van der Waals surface area contributed by atoms with Crippen molar-refractivity contribution in [3.63, 3.8) is 0 Å². The predicted octanol–water partition coefficient (Wildman–Crippen LogP) is 2.76. The van der Waals surface area contributed by atoms with Gasteiger partial charge in [-0.15, -0.1) is 0 Å². The minimum absolute atomic E-state index is 0.185. The number of carboxylic acid groups (broad SMARTS) is 1. The Hall–Kier alpha value is -1.26. The highest BCUT2D eigenvalue weighted by Gasteiger charge is 2.08. The van der Waals surface area contributed by atoms with Crippen molar-refractivity contribution in [3.8, 4) is 5.75 Å². The maximum Gasteiger partial charge on any atom is 0.311 e. The van der Waals surface area contributed by atoms with Crippen molar-refractivity contribution in [2.24, 2.45) is 0 Å². The lowest BCUT2D eigenvalue weighted by molar-refractivity contribution is -0.142. The third-order valence-corrected chi connectivity index (χ3v) is 2.40. The van der Waals surface area contributed by atoms with E-state index in [-0.39, 0.29) is 23.6 Å². The van der Waals surface area contributed by atoms with E-state index >= 15 is 0 Å². The van der Waals surface area contributed by atoms with Gasteiger partial charge < -0.3 is 9.84 Å². The van der Waals surface area contributed by atoms with Crippen LogP contribution in [0.15, 0.2) is 18.2 Å². The summed E-state index contributed by atoms with van der Waals surface area (Å²) in [4.78, 5) is 21.4. The minimum Gasteiger partial charge on any atom is -0.481 e. The van der Waals surface area contributed by atoms with Crippen LogP contribution in [0.25, 0.3) is 0 Å². The molecule has 0 spiro atoms. The van der Waals surface area contributed by atoms with Crippen molar-refractivity contribution in [2.75, 3.05) is 0 Å². The van der Waals surface area contributed by atoms with Gasteiger partial charge in [0.1, 0.15) is 5.75 Å². The van der Waals surface area contributed by atoms with E-state index in [1.54, 1.807) is 0 Å². The molecule has 0 amide bonds. The molecule has 4 nitrogen and oxygen atoms in total. The number of hydrogen-bond donors (Lipinski definition) is 1. The number of esters is 1. The lowest BCUT2D eigenvalue weighted by atomic mass is 10.3. The Balaban J connectivity index is 2.56. The Morgan fingerprint density at radius 2 is 1.88 bits per heavy atom. The van der Waals surface area contributed by atoms with Crippen LogP contribution in [0.2, 0.25) is 10.0 Å². The summed E-state index contributed by atoms with van der Waals surface area (Å²) in [6.07, 6.45) is -0.449. The summed E-state index contributed by atoms with van der Waals surface area (Å²) in [5.41, 5.74) is 0. The highest BCUT2D eigenvalue weighted by Crippen LogP contribution is 2.26. The molecule has 0 aliphatic heterocycles. The summed E-state index contributed by atoms with van der Waals surface area (Å²) in [5.74, 6) is -1.43. The largest absolute Gasteiger partial charge is 0.481 e. The normalized spacial score (nSPS) is 9.88. The molecule has 1 aromatic carbocycles. The van der Waals surface area contributed by atoms with Crippen LogP contribution in [0.3, 0.4) is 0 Å². The molecule has 0 aromatic heterocycles. The van der Waals surface area contributed by atoms with E-state index in [0.29, 0.717) is 5.02 Å². The van der Waals surface area contributed by atoms with E-state index in [1.807, 2.05) is 0 Å². The van der Waals surface area contributed by atoms with Gasteiger partial charge in [-0.1, -0.05) is 23.2 Å². The number of ether oxygens (including phenoxy) is 1. The molecule has 86 valence electrons. The maximum absolute atomic E-state index is 11.2. The van der Waals surface area contributed by atoms with Crippen LogP contribution in [0, 0.1) is 0 Å². The molecule has 0 aliphatic carbocycles. The first-order chi connectivity index (χ1) is 7.49. The lowest BCUT2D eigenvalue weighted by Gasteiger charge is -2.04. The standard InChI is InChI=1S/C10H8Cl2O4/c11-7-2-1-6(5-8(7)12)16-10(15)4-3-9(13)14/h1-2,5H,3-4H2,(H,13,14). The summed E-state index contributed by atoms with van der Waals surface area (Å²) in [7, 11) is 0. The SMILES string of the molecule is O=C(O)CCC(=O)Oc1ccc(Cl)c(Cl)c1. The summed E-state index contributed by atoms with van der Waals surface area (Å²) in [6, 6.07) is 4.36. The molecule has 1 aromatic rings. The van der Waals surface area contributed by atoms with Crippen molar-refractivity contribution in [1.82, 2.24) is 0 Å². The fourth-order valence-corrected chi connectivity index (χ4v) is 1.22. The zero-order valence-corrected chi connectivity index (χ0v) is 9.59. The zero-order valence-electron chi connectivity index (χ0n) is 8.07. The molecule has 0 heterocycles. The molecule has 0 radical (unpaired) electrons. The van der Waals surface area contributed by atoms with E-state index < -0.39 is 11.9 Å². The predicted molar refractivity (Wildman–Crippen MR) is 59.0 cm³/mol. The van der Waals surface area contributed by atoms with Gasteiger partial charge in [-0.05, 0) is 12.1 Å². The second-order valence-electron chi connectivity index (χ2n) is 2.94. The van der Waals surface area contributed by atoms with Gasteiger partial charge in [0.25, 0.3) is 0 Å². The second kappa shape index (κ2) is 5.72. The number of carbonyl (C=O) groups excluding carboxylic acids is 1. The highest BCUT2D eigenvalue weighted by atomic mass is 35.5. The summed E-state index contributed by atoms with van der Waals surface area (Å²) >= 11 is 11.4. The topological polar surface area (TPSA) is 63.6 Å². The molecule has 0 unspecified atom stereocenters. The number of halogens is 2. The first-order valence-corrected chi connectivity index (χ1v) is 5.12. The van der Waals surface area contributed by atoms with Crippen LogP contribution in [-0.4, -0.2) is 17.0 Å². The number of carbonyl (C=O) groups is 2. The van der Waals surface area contributed by atoms with Crippen LogP contribution in [-0.2, 0) is 9.59 Å². The summed E-state index contributed by atoms with van der Waals surface area (Å²) in [6.45, 7) is 0. The molecule has 1 N–H and O–H groups in total. The van der Waals surface area contributed by atoms with E-state index in [9.17, 15) is 9.59 Å². The van der Waals surface area contributed by atoms with Crippen LogP contribution < -0.4 is 4.74 Å². The number of rotatable bonds is 4. The van der Waals surface area contributed by atoms with Crippen molar-refractivity contribution in [2.45, 2.75) is 12.8 Å². The molecule has 0 saturated carbocycles. The number of aliphatic carboxylic acids is 1. The Labute approximate surface area is 102 Å². The van der Waals surface area contributed by atoms with Gasteiger partial charge in [0.05, 0.1) is 22.9 Å². The molecule has 0 fully saturated rings. The maximum atomic E-state index is 11.2. The fraction of sp³-hybridized carbons (Fsp3) is 0.200. The third kappa shape index (κ3) is 4.08. The van der Waals surface area contributed by atoms with Crippen LogP contribution in [0.1, 0.15) is 12.8 Å². The molecule has 16 heavy (non-hydrogen) atoms. The van der Waals surface area contributed by atoms with E-state index in [2.05, 4.69) is 0 Å². The fourth-order valence-electron chi connectivity index (χ4n) is 0.932. The monoisotopic (exact) mass is 262 g/mol. The molecule has 1 rings (SSSR count). The average molecular weight is 263 g/mol. The van der Waals surface area contributed by atoms with Crippen molar-refractivity contribution >= 4 is 35.1 Å². The molecular weight excluding hydrogens is 255 g/mol. The average Bonchev–Trinajstić information content (AvgIpc) is 2.21. The van der Waals surface area contributed by atoms with Gasteiger partial charge in [-0.25, -0.2) is 0 Å². The summed E-state index contributed by atoms with van der Waals surface area (Å²) < 4.78 is 4.86. The van der Waals surface area contributed by atoms with E-state index in [1.165, 1.54) is 18.2 Å². The lowest BCUT2D eigenvalue weighted by Crippen LogP contribution is -2.10. The Morgan fingerprint density at radius 3 is 2.44 bits per heavy atom. The molecule has 6 heteroatoms. The number of carboxylic acids is 1. The third-order valence-electron chi connectivity index (χ3n) is 1.67. The smallest absolute Gasteiger partial charge is 0.311 e. The van der Waals surface area contributed by atoms with Crippen LogP contribution in [0.5, 0.6) is 5.75 Å². The second-order valence-corrected chi connectivity index (χ2v) is 3.76. The molecule has 0 atom stereocenters. The minimum atomic E-state index is -1.05. The van der Waals surface area contributed by atoms with Crippen molar-refractivity contribution < 1.29 is 19.4 Å². The van der Waals surface area contributed by atoms with Gasteiger partial charge in [0.15, 0.2) is 0 Å². The van der Waals surface area contributed by atoms with Crippen LogP contribution >= 0.6 is 23.2 Å². The van der Waals surface area contributed by atoms with Gasteiger partial charge in [-0.3, -0.25) is 9.59 Å². The first-order valence-electron chi connectivity index (χ1n) is 4.36. The Morgan fingerprint density at radius 1 is 1.19 bits per heavy atom. The number of benzene rings is 1. The molecule has 0 aliphatic rings. The van der Waals surface area contributed by atoms with Gasteiger partial charge in [0, 0.05) is 6.07 Å². The Kier molecular flexibility index (Phi) is 4.58. The Bertz CT molecular complexity index is 417. The van der Waals surface area contributed by atoms with Gasteiger partial charge in [0.2, 0.25) is 0 Å². The highest BCUT2D eigenvalue weighted by molar-refractivity contribution is 6.42. The molecular formula is C10H8Cl2O4. The van der Waals surface area contributed by atoms with Crippen molar-refractivity contribution in [3.05, 3.63) is 28.2 Å². The first kappa shape index (κ1) is 12.8. The number of hydrogen-bond acceptors (Lipinski definition) is 3. The van der Waals surface area contributed by atoms with Gasteiger partial charge in [-0.2, -0.15) is 0 Å². The summed E-state index contributed by atoms with van der Waals surface area (Å²) in [5, 5.41) is 8.99. The van der Waals surface area contributed by atoms with Crippen molar-refractivity contribution in [1.29, 1.82) is 0 Å². The zero-order chi connectivity index (χ0) is 12.1. The van der Waals surface area contributed by atoms with E-state index in [4.69, 9.17) is 33.0 Å². The molecule has 0 bridgehead atoms. The van der Waals surface area contributed by atoms with Gasteiger partial charge >= 0.3 is 11.9 Å². The quantitative estimate of drug-likeness (QED) is 0.670. The van der Waals surface area contributed by atoms with Crippen LogP contribution in [0.4, 0.5) is 0 Å². The van der Waals surface area contributed by atoms with E-state index in [0.717, 1.165) is 0 Å².